The summed E-state index contributed by atoms with van der Waals surface area (Å²) >= 11 is 0. The Morgan fingerprint density at radius 1 is 1.38 bits per heavy atom. The van der Waals surface area contributed by atoms with Crippen molar-refractivity contribution in [2.24, 2.45) is 0 Å². The van der Waals surface area contributed by atoms with Crippen LogP contribution in [0.15, 0.2) is 18.2 Å². The van der Waals surface area contributed by atoms with Gasteiger partial charge in [0.2, 0.25) is 0 Å². The smallest absolute Gasteiger partial charge is 0.128 e. The molecule has 0 aliphatic carbocycles. The van der Waals surface area contributed by atoms with E-state index in [9.17, 15) is 0 Å². The van der Waals surface area contributed by atoms with Gasteiger partial charge >= 0.3 is 0 Å². The Hall–Kier alpha value is -1.26. The van der Waals surface area contributed by atoms with Gasteiger partial charge in [0.05, 0.1) is 6.61 Å². The van der Waals surface area contributed by atoms with Crippen LogP contribution in [0, 0.1) is 0 Å². The van der Waals surface area contributed by atoms with Crippen LogP contribution in [0.1, 0.15) is 37.8 Å². The molecule has 2 aliphatic heterocycles. The van der Waals surface area contributed by atoms with E-state index in [-0.39, 0.29) is 5.60 Å². The van der Waals surface area contributed by atoms with Crippen LogP contribution < -0.4 is 14.8 Å². The molecule has 2 aliphatic rings. The van der Waals surface area contributed by atoms with E-state index in [0.717, 1.165) is 43.9 Å². The van der Waals surface area contributed by atoms with Crippen molar-refractivity contribution in [3.8, 4) is 11.5 Å². The van der Waals surface area contributed by atoms with Crippen LogP contribution >= 0.6 is 0 Å². The van der Waals surface area contributed by atoms with Crippen LogP contribution in [0.5, 0.6) is 11.5 Å². The minimum absolute atomic E-state index is 0.0158. The molecule has 4 heteroatoms. The molecule has 0 aromatic heterocycles. The number of nitrogens with one attached hydrogen (secondary N) is 1. The molecule has 1 atom stereocenters. The molecule has 4 nitrogen and oxygen atoms in total. The lowest BCUT2D eigenvalue weighted by atomic mass is 9.80. The fourth-order valence-corrected chi connectivity index (χ4v) is 3.49. The van der Waals surface area contributed by atoms with Crippen LogP contribution in [0.3, 0.4) is 0 Å². The van der Waals surface area contributed by atoms with E-state index in [1.54, 1.807) is 0 Å². The van der Waals surface area contributed by atoms with Gasteiger partial charge in [0, 0.05) is 37.2 Å². The first-order valence-corrected chi connectivity index (χ1v) is 7.97. The number of hydrogen-bond donors (Lipinski definition) is 1. The Morgan fingerprint density at radius 3 is 2.81 bits per heavy atom. The Bertz CT molecular complexity index is 496. The van der Waals surface area contributed by atoms with Gasteiger partial charge in [0.15, 0.2) is 0 Å². The fraction of sp³-hybridized carbons (Fsp3) is 0.647. The summed E-state index contributed by atoms with van der Waals surface area (Å²) in [6.07, 6.45) is 3.25. The van der Waals surface area contributed by atoms with Gasteiger partial charge < -0.3 is 19.7 Å². The van der Waals surface area contributed by atoms with Crippen LogP contribution in [0.4, 0.5) is 0 Å². The fourth-order valence-electron chi connectivity index (χ4n) is 3.49. The molecular formula is C17H26N2O2. The summed E-state index contributed by atoms with van der Waals surface area (Å²) in [7, 11) is 4.23. The topological polar surface area (TPSA) is 33.7 Å². The lowest BCUT2D eigenvalue weighted by Gasteiger charge is -2.46. The van der Waals surface area contributed by atoms with E-state index in [1.165, 1.54) is 5.56 Å². The average molecular weight is 290 g/mol. The van der Waals surface area contributed by atoms with E-state index >= 15 is 0 Å². The quantitative estimate of drug-likeness (QED) is 0.928. The molecule has 0 amide bonds. The van der Waals surface area contributed by atoms with Gasteiger partial charge in [-0.3, -0.25) is 0 Å². The van der Waals surface area contributed by atoms with Crippen LogP contribution in [-0.2, 0) is 0 Å². The molecule has 1 fully saturated rings. The lowest BCUT2D eigenvalue weighted by molar-refractivity contribution is -0.0196. The molecule has 1 aromatic carbocycles. The zero-order valence-corrected chi connectivity index (χ0v) is 13.3. The average Bonchev–Trinajstić information content (AvgIpc) is 2.50. The van der Waals surface area contributed by atoms with Gasteiger partial charge in [0.25, 0.3) is 0 Å². The van der Waals surface area contributed by atoms with Crippen LogP contribution in [-0.4, -0.2) is 44.3 Å². The SMILES string of the molecule is CCOc1ccc2c(c1)OC1(CCN(C)CC1)CC2NC. The Labute approximate surface area is 127 Å². The van der Waals surface area contributed by atoms with Crippen molar-refractivity contribution in [2.75, 3.05) is 33.8 Å². The number of piperidine rings is 1. The minimum Gasteiger partial charge on any atom is -0.494 e. The summed E-state index contributed by atoms with van der Waals surface area (Å²) in [5, 5.41) is 3.46. The maximum Gasteiger partial charge on any atom is 0.128 e. The monoisotopic (exact) mass is 290 g/mol. The normalized spacial score (nSPS) is 24.4. The Kier molecular flexibility index (Phi) is 4.09. The highest BCUT2D eigenvalue weighted by Crippen LogP contribution is 2.45. The summed E-state index contributed by atoms with van der Waals surface area (Å²) in [6.45, 7) is 4.91. The number of hydrogen-bond acceptors (Lipinski definition) is 4. The largest absolute Gasteiger partial charge is 0.494 e. The number of fused-ring (bicyclic) bond motifs is 1. The molecule has 0 saturated carbocycles. The number of rotatable bonds is 3. The molecule has 0 bridgehead atoms. The Balaban J connectivity index is 1.89. The molecule has 1 unspecified atom stereocenters. The number of benzene rings is 1. The summed E-state index contributed by atoms with van der Waals surface area (Å²) < 4.78 is 12.1. The number of likely N-dealkylation sites (tertiary alicyclic amines) is 1. The zero-order chi connectivity index (χ0) is 14.9. The molecule has 0 radical (unpaired) electrons. The second-order valence-electron chi connectivity index (χ2n) is 6.27. The lowest BCUT2D eigenvalue weighted by Crippen LogP contribution is -2.50. The van der Waals surface area contributed by atoms with Gasteiger partial charge in [-0.05, 0) is 39.9 Å². The van der Waals surface area contributed by atoms with Crippen molar-refractivity contribution in [1.82, 2.24) is 10.2 Å². The molecule has 1 spiro atoms. The van der Waals surface area contributed by atoms with Gasteiger partial charge in [-0.1, -0.05) is 6.07 Å². The van der Waals surface area contributed by atoms with Gasteiger partial charge in [-0.25, -0.2) is 0 Å². The first-order chi connectivity index (χ1) is 10.2. The van der Waals surface area contributed by atoms with Crippen molar-refractivity contribution < 1.29 is 9.47 Å². The third-order valence-electron chi connectivity index (χ3n) is 4.82. The maximum atomic E-state index is 6.48. The summed E-state index contributed by atoms with van der Waals surface area (Å²) in [6, 6.07) is 6.61. The standard InChI is InChI=1S/C17H26N2O2/c1-4-20-13-5-6-14-15(18-2)12-17(21-16(14)11-13)7-9-19(3)10-8-17/h5-6,11,15,18H,4,7-10,12H2,1-3H3. The summed E-state index contributed by atoms with van der Waals surface area (Å²) in [4.78, 5) is 2.38. The molecule has 3 rings (SSSR count). The van der Waals surface area contributed by atoms with Crippen LogP contribution in [0.2, 0.25) is 0 Å². The molecule has 1 saturated heterocycles. The first kappa shape index (κ1) is 14.7. The van der Waals surface area contributed by atoms with E-state index in [4.69, 9.17) is 9.47 Å². The van der Waals surface area contributed by atoms with Gasteiger partial charge in [-0.15, -0.1) is 0 Å². The highest BCUT2D eigenvalue weighted by molar-refractivity contribution is 5.44. The molecular weight excluding hydrogens is 264 g/mol. The van der Waals surface area contributed by atoms with Crippen molar-refractivity contribution in [3.63, 3.8) is 0 Å². The van der Waals surface area contributed by atoms with E-state index in [2.05, 4.69) is 29.4 Å². The predicted molar refractivity (Wildman–Crippen MR) is 84.1 cm³/mol. The third kappa shape index (κ3) is 2.87. The third-order valence-corrected chi connectivity index (χ3v) is 4.82. The van der Waals surface area contributed by atoms with E-state index in [0.29, 0.717) is 12.6 Å². The predicted octanol–water partition coefficient (Wildman–Crippen LogP) is 2.59. The van der Waals surface area contributed by atoms with Gasteiger partial charge in [-0.2, -0.15) is 0 Å². The second-order valence-corrected chi connectivity index (χ2v) is 6.27. The molecule has 2 heterocycles. The summed E-state index contributed by atoms with van der Waals surface area (Å²) in [5.41, 5.74) is 1.24. The van der Waals surface area contributed by atoms with E-state index in [1.807, 2.05) is 20.0 Å². The van der Waals surface area contributed by atoms with Gasteiger partial charge in [0.1, 0.15) is 17.1 Å². The molecule has 116 valence electrons. The van der Waals surface area contributed by atoms with Crippen molar-refractivity contribution in [2.45, 2.75) is 37.8 Å². The van der Waals surface area contributed by atoms with Crippen molar-refractivity contribution >= 4 is 0 Å². The molecule has 1 aromatic rings. The number of ether oxygens (including phenoxy) is 2. The first-order valence-electron chi connectivity index (χ1n) is 7.97. The maximum absolute atomic E-state index is 6.48. The minimum atomic E-state index is -0.0158. The Morgan fingerprint density at radius 2 is 2.14 bits per heavy atom. The molecule has 1 N–H and O–H groups in total. The summed E-state index contributed by atoms with van der Waals surface area (Å²) in [5.74, 6) is 1.90. The van der Waals surface area contributed by atoms with Crippen molar-refractivity contribution in [1.29, 1.82) is 0 Å². The highest BCUT2D eigenvalue weighted by atomic mass is 16.5. The van der Waals surface area contributed by atoms with Crippen molar-refractivity contribution in [3.05, 3.63) is 23.8 Å². The number of nitrogens with zero attached hydrogens (tertiary/aromatic N) is 1. The highest BCUT2D eigenvalue weighted by Gasteiger charge is 2.42. The molecule has 21 heavy (non-hydrogen) atoms. The second kappa shape index (κ2) is 5.85. The van der Waals surface area contributed by atoms with Crippen LogP contribution in [0.25, 0.3) is 0 Å². The zero-order valence-electron chi connectivity index (χ0n) is 13.3. The van der Waals surface area contributed by atoms with E-state index < -0.39 is 0 Å².